The molecule has 0 aliphatic rings. The molecule has 0 aromatic heterocycles. The highest BCUT2D eigenvalue weighted by Gasteiger charge is 2.26. The van der Waals surface area contributed by atoms with Crippen LogP contribution in [0.5, 0.6) is 0 Å². The van der Waals surface area contributed by atoms with E-state index in [0.29, 0.717) is 16.8 Å². The van der Waals surface area contributed by atoms with Gasteiger partial charge >= 0.3 is 0 Å². The van der Waals surface area contributed by atoms with Crippen molar-refractivity contribution >= 4 is 23.8 Å². The molecule has 2 atom stereocenters. The van der Waals surface area contributed by atoms with Crippen LogP contribution in [-0.4, -0.2) is 43.9 Å². The van der Waals surface area contributed by atoms with Crippen molar-refractivity contribution in [2.75, 3.05) is 31.7 Å². The molecule has 0 saturated carbocycles. The molecule has 8 nitrogen and oxygen atoms in total. The Morgan fingerprint density at radius 1 is 1.05 bits per heavy atom. The number of halogens is 3. The van der Waals surface area contributed by atoms with Crippen LogP contribution in [0.25, 0.3) is 0 Å². The van der Waals surface area contributed by atoms with Crippen molar-refractivity contribution in [3.05, 3.63) is 100 Å². The Hall–Kier alpha value is -3.13. The van der Waals surface area contributed by atoms with Crippen LogP contribution in [0.1, 0.15) is 40.0 Å². The molecule has 40 heavy (non-hydrogen) atoms. The summed E-state index contributed by atoms with van der Waals surface area (Å²) in [6.07, 6.45) is -0.0269. The number of nitrogens with one attached hydrogen (secondary N) is 1. The molecule has 4 N–H and O–H groups in total. The summed E-state index contributed by atoms with van der Waals surface area (Å²) in [6, 6.07) is 13.6. The molecule has 12 heteroatoms. The van der Waals surface area contributed by atoms with Gasteiger partial charge in [-0.1, -0.05) is 12.1 Å². The molecule has 3 rings (SSSR count). The van der Waals surface area contributed by atoms with E-state index in [4.69, 9.17) is 14.8 Å². The van der Waals surface area contributed by atoms with Gasteiger partial charge in [0.25, 0.3) is 5.91 Å². The molecule has 0 aliphatic heterocycles. The van der Waals surface area contributed by atoms with Crippen molar-refractivity contribution in [1.29, 1.82) is 0 Å². The minimum Gasteiger partial charge on any atom is -0.394 e. The zero-order valence-corrected chi connectivity index (χ0v) is 23.1. The van der Waals surface area contributed by atoms with E-state index in [1.165, 1.54) is 19.2 Å². The van der Waals surface area contributed by atoms with Gasteiger partial charge in [0, 0.05) is 24.4 Å². The number of carbonyl (C=O) groups excluding carboxylic acids is 1. The molecule has 0 saturated heterocycles. The summed E-state index contributed by atoms with van der Waals surface area (Å²) in [5.41, 5.74) is 7.52. The van der Waals surface area contributed by atoms with Gasteiger partial charge in [0.05, 0.1) is 38.5 Å². The number of carbonyl (C=O) groups is 1. The first-order valence-corrected chi connectivity index (χ1v) is 13.0. The Labute approximate surface area is 235 Å². The predicted octanol–water partition coefficient (Wildman–Crippen LogP) is 4.62. The number of amides is 1. The van der Waals surface area contributed by atoms with Crippen LogP contribution in [0, 0.1) is 17.5 Å². The van der Waals surface area contributed by atoms with Gasteiger partial charge in [0.15, 0.2) is 12.2 Å². The minimum absolute atomic E-state index is 0.0156. The average molecular weight is 580 g/mol. The normalized spacial score (nSPS) is 13.5. The van der Waals surface area contributed by atoms with E-state index in [0.717, 1.165) is 36.0 Å². The zero-order chi connectivity index (χ0) is 29.3. The van der Waals surface area contributed by atoms with Gasteiger partial charge in [-0.2, -0.15) is 0 Å². The fraction of sp³-hybridized carbons (Fsp3) is 0.321. The average Bonchev–Trinajstić information content (AvgIpc) is 2.91. The molecule has 216 valence electrons. The van der Waals surface area contributed by atoms with Crippen LogP contribution < -0.4 is 15.4 Å². The Morgan fingerprint density at radius 3 is 2.35 bits per heavy atom. The molecule has 0 fully saturated rings. The van der Waals surface area contributed by atoms with E-state index in [1.807, 2.05) is 0 Å². The number of benzene rings is 3. The second-order valence-corrected chi connectivity index (χ2v) is 10.2. The summed E-state index contributed by atoms with van der Waals surface area (Å²) >= 11 is 0.895. The predicted molar refractivity (Wildman–Crippen MR) is 147 cm³/mol. The van der Waals surface area contributed by atoms with Crippen LogP contribution in [-0.2, 0) is 27.0 Å². The maximum absolute atomic E-state index is 13.6. The quantitative estimate of drug-likeness (QED) is 0.110. The van der Waals surface area contributed by atoms with Crippen LogP contribution >= 0.6 is 12.2 Å². The van der Waals surface area contributed by atoms with Gasteiger partial charge in [-0.15, -0.1) is 4.33 Å². The molecule has 0 spiro atoms. The number of aliphatic hydroxyl groups is 1. The lowest BCUT2D eigenvalue weighted by Crippen LogP contribution is -2.50. The lowest BCUT2D eigenvalue weighted by Gasteiger charge is -2.27. The number of rotatable bonds is 14. The highest BCUT2D eigenvalue weighted by Crippen LogP contribution is 2.26. The standard InChI is InChI=1S/C28H32F3N3O5S/c1-18(21-4-6-23(29)7-5-21)33-27(36)22-8-20(11-26(12-22)34(2)40-39-37-3)15-38-17-28(32,16-35)14-19-9-24(30)13-25(31)10-19/h4-13,18,35H,14-17,32H2,1-3H3,(H,33,36)/t18-,28?/m1/s1. The van der Waals surface area contributed by atoms with Crippen molar-refractivity contribution in [2.24, 2.45) is 5.73 Å². The maximum atomic E-state index is 13.6. The van der Waals surface area contributed by atoms with Gasteiger partial charge in [0.1, 0.15) is 17.5 Å². The second-order valence-electron chi connectivity index (χ2n) is 9.41. The molecule has 3 aromatic rings. The third-order valence-electron chi connectivity index (χ3n) is 5.98. The Kier molecular flexibility index (Phi) is 11.4. The van der Waals surface area contributed by atoms with Gasteiger partial charge in [-0.05, 0) is 72.5 Å². The summed E-state index contributed by atoms with van der Waals surface area (Å²) in [5, 5.41) is 12.8. The van der Waals surface area contributed by atoms with E-state index >= 15 is 0 Å². The van der Waals surface area contributed by atoms with Crippen molar-refractivity contribution < 1.29 is 37.0 Å². The molecule has 0 heterocycles. The molecule has 0 radical (unpaired) electrons. The summed E-state index contributed by atoms with van der Waals surface area (Å²) in [4.78, 5) is 17.8. The van der Waals surface area contributed by atoms with Crippen LogP contribution in [0.3, 0.4) is 0 Å². The zero-order valence-electron chi connectivity index (χ0n) is 22.3. The number of nitrogens with two attached hydrogens (primary N) is 1. The molecule has 1 amide bonds. The molecule has 3 aromatic carbocycles. The fourth-order valence-electron chi connectivity index (χ4n) is 3.95. The van der Waals surface area contributed by atoms with Crippen molar-refractivity contribution in [3.63, 3.8) is 0 Å². The minimum atomic E-state index is -1.30. The maximum Gasteiger partial charge on any atom is 0.251 e. The van der Waals surface area contributed by atoms with Gasteiger partial charge < -0.3 is 20.9 Å². The van der Waals surface area contributed by atoms with Gasteiger partial charge in [-0.3, -0.25) is 9.10 Å². The lowest BCUT2D eigenvalue weighted by atomic mass is 9.93. The number of hydrogen-bond donors (Lipinski definition) is 3. The van der Waals surface area contributed by atoms with Crippen molar-refractivity contribution in [2.45, 2.75) is 31.5 Å². The topological polar surface area (TPSA) is 106 Å². The smallest absolute Gasteiger partial charge is 0.251 e. The van der Waals surface area contributed by atoms with E-state index in [2.05, 4.69) is 10.2 Å². The molecule has 0 aliphatic carbocycles. The van der Waals surface area contributed by atoms with Crippen LogP contribution in [0.4, 0.5) is 18.9 Å². The van der Waals surface area contributed by atoms with Crippen LogP contribution in [0.15, 0.2) is 60.7 Å². The number of aliphatic hydroxyl groups excluding tert-OH is 1. The SMILES string of the molecule is COOSN(C)c1cc(COCC(N)(CO)Cc2cc(F)cc(F)c2)cc(C(=O)N[C@H](C)c2ccc(F)cc2)c1. The van der Waals surface area contributed by atoms with Crippen molar-refractivity contribution in [1.82, 2.24) is 5.32 Å². The highest BCUT2D eigenvalue weighted by molar-refractivity contribution is 7.95. The van der Waals surface area contributed by atoms with Crippen LogP contribution in [0.2, 0.25) is 0 Å². The Bertz CT molecular complexity index is 1260. The summed E-state index contributed by atoms with van der Waals surface area (Å²) in [7, 11) is 3.07. The summed E-state index contributed by atoms with van der Waals surface area (Å²) < 4.78 is 52.9. The first-order valence-electron chi connectivity index (χ1n) is 12.3. The molecule has 0 bridgehead atoms. The summed E-state index contributed by atoms with van der Waals surface area (Å²) in [5.74, 6) is -2.23. The van der Waals surface area contributed by atoms with Gasteiger partial charge in [0.2, 0.25) is 0 Å². The Morgan fingerprint density at radius 2 is 1.73 bits per heavy atom. The monoisotopic (exact) mass is 579 g/mol. The number of hydrogen-bond acceptors (Lipinski definition) is 8. The molecular formula is C28H32F3N3O5S. The largest absolute Gasteiger partial charge is 0.394 e. The number of ether oxygens (including phenoxy) is 1. The molecular weight excluding hydrogens is 547 g/mol. The third-order valence-corrected chi connectivity index (χ3v) is 6.61. The van der Waals surface area contributed by atoms with E-state index < -0.39 is 29.8 Å². The fourth-order valence-corrected chi connectivity index (χ4v) is 4.29. The van der Waals surface area contributed by atoms with Gasteiger partial charge in [-0.25, -0.2) is 18.1 Å². The van der Waals surface area contributed by atoms with Crippen molar-refractivity contribution in [3.8, 4) is 0 Å². The van der Waals surface area contributed by atoms with E-state index in [-0.39, 0.29) is 36.9 Å². The number of nitrogens with zero attached hydrogens (tertiary/aromatic N) is 1. The Balaban J connectivity index is 1.75. The molecule has 1 unspecified atom stereocenters. The summed E-state index contributed by atoms with van der Waals surface area (Å²) in [6.45, 7) is 1.18. The highest BCUT2D eigenvalue weighted by atomic mass is 32.2. The lowest BCUT2D eigenvalue weighted by molar-refractivity contribution is -0.160. The number of anilines is 1. The third kappa shape index (κ3) is 9.22. The van der Waals surface area contributed by atoms with E-state index in [9.17, 15) is 23.1 Å². The first-order chi connectivity index (χ1) is 19.0. The first kappa shape index (κ1) is 31.4. The van der Waals surface area contributed by atoms with E-state index in [1.54, 1.807) is 48.6 Å². The second kappa shape index (κ2) is 14.5.